The van der Waals surface area contributed by atoms with Crippen molar-refractivity contribution in [2.75, 3.05) is 5.73 Å². The van der Waals surface area contributed by atoms with Crippen molar-refractivity contribution in [3.8, 4) is 11.3 Å². The van der Waals surface area contributed by atoms with Gasteiger partial charge in [-0.3, -0.25) is 0 Å². The van der Waals surface area contributed by atoms with Gasteiger partial charge in [0.2, 0.25) is 0 Å². The molecule has 0 fully saturated rings. The molecule has 17 heavy (non-hydrogen) atoms. The molecule has 0 aliphatic heterocycles. The van der Waals surface area contributed by atoms with E-state index >= 15 is 0 Å². The van der Waals surface area contributed by atoms with Gasteiger partial charge < -0.3 is 5.73 Å². The van der Waals surface area contributed by atoms with Gasteiger partial charge in [0.15, 0.2) is 5.65 Å². The van der Waals surface area contributed by atoms with E-state index in [2.05, 4.69) is 10.1 Å². The average molecular weight is 228 g/mol. The third kappa shape index (κ3) is 1.71. The van der Waals surface area contributed by atoms with Gasteiger partial charge in [-0.05, 0) is 36.4 Å². The Bertz CT molecular complexity index is 673. The summed E-state index contributed by atoms with van der Waals surface area (Å²) in [6.45, 7) is 0. The molecule has 0 aliphatic rings. The van der Waals surface area contributed by atoms with Gasteiger partial charge >= 0.3 is 0 Å². The van der Waals surface area contributed by atoms with E-state index in [-0.39, 0.29) is 5.82 Å². The molecule has 2 aromatic heterocycles. The molecule has 4 nitrogen and oxygen atoms in total. The number of aromatic nitrogens is 3. The molecule has 0 radical (unpaired) electrons. The Labute approximate surface area is 96.5 Å². The molecule has 0 saturated heterocycles. The molecule has 2 heterocycles. The zero-order valence-electron chi connectivity index (χ0n) is 8.84. The first kappa shape index (κ1) is 9.77. The number of anilines is 1. The van der Waals surface area contributed by atoms with E-state index in [9.17, 15) is 4.39 Å². The number of hydrogen-bond donors (Lipinski definition) is 1. The van der Waals surface area contributed by atoms with E-state index in [0.717, 1.165) is 11.3 Å². The van der Waals surface area contributed by atoms with Crippen molar-refractivity contribution < 1.29 is 4.39 Å². The Balaban J connectivity index is 2.14. The van der Waals surface area contributed by atoms with Gasteiger partial charge in [-0.1, -0.05) is 0 Å². The number of nitrogens with two attached hydrogens (primary N) is 1. The predicted molar refractivity (Wildman–Crippen MR) is 62.8 cm³/mol. The summed E-state index contributed by atoms with van der Waals surface area (Å²) in [4.78, 5) is 4.38. The van der Waals surface area contributed by atoms with Crippen LogP contribution in [0, 0.1) is 5.82 Å². The highest BCUT2D eigenvalue weighted by molar-refractivity contribution is 5.62. The van der Waals surface area contributed by atoms with E-state index in [1.54, 1.807) is 35.0 Å². The Morgan fingerprint density at radius 2 is 1.82 bits per heavy atom. The Morgan fingerprint density at radius 3 is 2.59 bits per heavy atom. The van der Waals surface area contributed by atoms with E-state index in [4.69, 9.17) is 5.73 Å². The van der Waals surface area contributed by atoms with Gasteiger partial charge in [0.1, 0.15) is 11.6 Å². The minimum Gasteiger partial charge on any atom is -0.382 e. The molecule has 3 rings (SSSR count). The van der Waals surface area contributed by atoms with Crippen LogP contribution in [0.4, 0.5) is 10.2 Å². The third-order valence-corrected chi connectivity index (χ3v) is 2.48. The minimum atomic E-state index is -0.264. The van der Waals surface area contributed by atoms with Crippen LogP contribution in [0.25, 0.3) is 16.9 Å². The quantitative estimate of drug-likeness (QED) is 0.694. The second kappa shape index (κ2) is 3.55. The number of imidazole rings is 1. The fourth-order valence-electron chi connectivity index (χ4n) is 1.66. The second-order valence-electron chi connectivity index (χ2n) is 3.69. The summed E-state index contributed by atoms with van der Waals surface area (Å²) >= 11 is 0. The van der Waals surface area contributed by atoms with Crippen LogP contribution >= 0.6 is 0 Å². The van der Waals surface area contributed by atoms with E-state index < -0.39 is 0 Å². The number of nitrogens with zero attached hydrogens (tertiary/aromatic N) is 3. The van der Waals surface area contributed by atoms with Gasteiger partial charge in [0, 0.05) is 5.56 Å². The van der Waals surface area contributed by atoms with Gasteiger partial charge in [-0.15, -0.1) is 5.10 Å². The van der Waals surface area contributed by atoms with Crippen LogP contribution in [-0.2, 0) is 0 Å². The van der Waals surface area contributed by atoms with Crippen LogP contribution in [0.5, 0.6) is 0 Å². The van der Waals surface area contributed by atoms with Crippen LogP contribution in [0.15, 0.2) is 42.6 Å². The van der Waals surface area contributed by atoms with Crippen LogP contribution in [0.2, 0.25) is 0 Å². The lowest BCUT2D eigenvalue weighted by molar-refractivity contribution is 0.628. The monoisotopic (exact) mass is 228 g/mol. The van der Waals surface area contributed by atoms with Crippen LogP contribution < -0.4 is 5.73 Å². The largest absolute Gasteiger partial charge is 0.382 e. The van der Waals surface area contributed by atoms with E-state index in [1.165, 1.54) is 12.1 Å². The summed E-state index contributed by atoms with van der Waals surface area (Å²) in [5, 5.41) is 4.10. The van der Waals surface area contributed by atoms with Gasteiger partial charge in [-0.2, -0.15) is 0 Å². The standard InChI is InChI=1S/C12H9FN4/c13-9-3-1-8(2-4-9)10-7-17-12(15-10)6-5-11(14)16-17/h1-7H,(H2,14,16). The zero-order valence-corrected chi connectivity index (χ0v) is 8.84. The van der Waals surface area contributed by atoms with Crippen molar-refractivity contribution in [1.29, 1.82) is 0 Å². The molecule has 0 aliphatic carbocycles. The molecule has 0 saturated carbocycles. The first-order valence-electron chi connectivity index (χ1n) is 5.10. The van der Waals surface area contributed by atoms with Crippen molar-refractivity contribution in [2.24, 2.45) is 0 Å². The lowest BCUT2D eigenvalue weighted by atomic mass is 10.2. The first-order chi connectivity index (χ1) is 8.22. The maximum atomic E-state index is 12.8. The number of hydrogen-bond acceptors (Lipinski definition) is 3. The molecule has 0 amide bonds. The Kier molecular flexibility index (Phi) is 2.04. The highest BCUT2D eigenvalue weighted by Gasteiger charge is 2.05. The summed E-state index contributed by atoms with van der Waals surface area (Å²) in [5.41, 5.74) is 7.87. The minimum absolute atomic E-state index is 0.264. The fourth-order valence-corrected chi connectivity index (χ4v) is 1.66. The summed E-state index contributed by atoms with van der Waals surface area (Å²) < 4.78 is 14.4. The van der Waals surface area contributed by atoms with Crippen LogP contribution in [0.1, 0.15) is 0 Å². The fraction of sp³-hybridized carbons (Fsp3) is 0. The number of nitrogen functional groups attached to an aromatic ring is 1. The van der Waals surface area contributed by atoms with Crippen molar-refractivity contribution in [2.45, 2.75) is 0 Å². The van der Waals surface area contributed by atoms with Gasteiger partial charge in [0.05, 0.1) is 11.9 Å². The van der Waals surface area contributed by atoms with Crippen LogP contribution in [-0.4, -0.2) is 14.6 Å². The first-order valence-corrected chi connectivity index (χ1v) is 5.10. The maximum Gasteiger partial charge on any atom is 0.154 e. The van der Waals surface area contributed by atoms with Crippen molar-refractivity contribution >= 4 is 11.5 Å². The molecule has 0 unspecified atom stereocenters. The van der Waals surface area contributed by atoms with E-state index in [1.807, 2.05) is 0 Å². The molecule has 0 spiro atoms. The number of halogens is 1. The number of fused-ring (bicyclic) bond motifs is 1. The van der Waals surface area contributed by atoms with Crippen molar-refractivity contribution in [1.82, 2.24) is 14.6 Å². The topological polar surface area (TPSA) is 56.2 Å². The number of rotatable bonds is 1. The van der Waals surface area contributed by atoms with Crippen molar-refractivity contribution in [3.63, 3.8) is 0 Å². The summed E-state index contributed by atoms with van der Waals surface area (Å²) in [6, 6.07) is 9.65. The highest BCUT2D eigenvalue weighted by atomic mass is 19.1. The van der Waals surface area contributed by atoms with Gasteiger partial charge in [0.25, 0.3) is 0 Å². The molecule has 1 aromatic carbocycles. The highest BCUT2D eigenvalue weighted by Crippen LogP contribution is 2.19. The molecular weight excluding hydrogens is 219 g/mol. The summed E-state index contributed by atoms with van der Waals surface area (Å²) in [5.74, 6) is 0.167. The average Bonchev–Trinajstić information content (AvgIpc) is 2.72. The normalized spacial score (nSPS) is 10.9. The molecule has 2 N–H and O–H groups in total. The molecule has 0 bridgehead atoms. The Morgan fingerprint density at radius 1 is 1.06 bits per heavy atom. The lowest BCUT2D eigenvalue weighted by Gasteiger charge is -1.94. The molecule has 0 atom stereocenters. The SMILES string of the molecule is Nc1ccc2nc(-c3ccc(F)cc3)cn2n1. The van der Waals surface area contributed by atoms with Gasteiger partial charge in [-0.25, -0.2) is 13.9 Å². The smallest absolute Gasteiger partial charge is 0.154 e. The van der Waals surface area contributed by atoms with Crippen LogP contribution in [0.3, 0.4) is 0 Å². The molecule has 84 valence electrons. The third-order valence-electron chi connectivity index (χ3n) is 2.48. The predicted octanol–water partition coefficient (Wildman–Crippen LogP) is 2.12. The second-order valence-corrected chi connectivity index (χ2v) is 3.69. The molecular formula is C12H9FN4. The summed E-state index contributed by atoms with van der Waals surface area (Å²) in [7, 11) is 0. The molecule has 3 aromatic rings. The lowest BCUT2D eigenvalue weighted by Crippen LogP contribution is -1.95. The number of benzene rings is 1. The summed E-state index contributed by atoms with van der Waals surface area (Å²) in [6.07, 6.45) is 1.76. The van der Waals surface area contributed by atoms with E-state index in [0.29, 0.717) is 11.5 Å². The maximum absolute atomic E-state index is 12.8. The zero-order chi connectivity index (χ0) is 11.8. The molecule has 5 heteroatoms. The van der Waals surface area contributed by atoms with Crippen molar-refractivity contribution in [3.05, 3.63) is 48.4 Å². The Hall–Kier alpha value is -2.43.